The Hall–Kier alpha value is -2.96. The summed E-state index contributed by atoms with van der Waals surface area (Å²) in [6.07, 6.45) is 0. The Bertz CT molecular complexity index is 1230. The molecular weight excluding hydrogens is 428 g/mol. The van der Waals surface area contributed by atoms with Gasteiger partial charge >= 0.3 is 0 Å². The summed E-state index contributed by atoms with van der Waals surface area (Å²) < 4.78 is 11.4. The fourth-order valence-corrected chi connectivity index (χ4v) is 4.35. The van der Waals surface area contributed by atoms with Gasteiger partial charge in [-0.05, 0) is 53.6 Å². The second kappa shape index (κ2) is 9.72. The zero-order valence-corrected chi connectivity index (χ0v) is 20.7. The number of rotatable bonds is 5. The Kier molecular flexibility index (Phi) is 6.91. The molecule has 6 heteroatoms. The molecule has 0 aliphatic carbocycles. The first-order valence-electron chi connectivity index (χ1n) is 11.9. The fourth-order valence-electron chi connectivity index (χ4n) is 4.35. The summed E-state index contributed by atoms with van der Waals surface area (Å²) in [6.45, 7) is 13.8. The highest BCUT2D eigenvalue weighted by Crippen LogP contribution is 2.27. The molecule has 2 aromatic carbocycles. The highest BCUT2D eigenvalue weighted by atomic mass is 16.5. The zero-order chi connectivity index (χ0) is 24.5. The lowest BCUT2D eigenvalue weighted by Gasteiger charge is -2.35. The molecule has 1 aromatic heterocycles. The lowest BCUT2D eigenvalue weighted by Crippen LogP contribution is -2.43. The second-order valence-corrected chi connectivity index (χ2v) is 10.2. The molecule has 1 aliphatic rings. The number of amides is 1. The number of carbonyl (C=O) groups is 1. The minimum Gasteiger partial charge on any atom is -0.451 e. The van der Waals surface area contributed by atoms with E-state index in [-0.39, 0.29) is 28.6 Å². The quantitative estimate of drug-likeness (QED) is 0.604. The molecule has 1 atom stereocenters. The number of morpholine rings is 1. The van der Waals surface area contributed by atoms with Crippen molar-refractivity contribution < 1.29 is 13.9 Å². The fraction of sp³-hybridized carbons (Fsp3) is 0.429. The van der Waals surface area contributed by atoms with Gasteiger partial charge in [0.2, 0.25) is 0 Å². The third kappa shape index (κ3) is 5.24. The molecule has 0 bridgehead atoms. The van der Waals surface area contributed by atoms with Gasteiger partial charge in [0.15, 0.2) is 11.2 Å². The first-order valence-corrected chi connectivity index (χ1v) is 11.9. The number of hydrogen-bond donors (Lipinski definition) is 1. The molecule has 4 rings (SSSR count). The van der Waals surface area contributed by atoms with Crippen LogP contribution >= 0.6 is 0 Å². The van der Waals surface area contributed by atoms with Crippen LogP contribution in [0.25, 0.3) is 11.0 Å². The van der Waals surface area contributed by atoms with Crippen LogP contribution in [0.5, 0.6) is 0 Å². The molecule has 1 aliphatic heterocycles. The van der Waals surface area contributed by atoms with Crippen molar-refractivity contribution in [1.29, 1.82) is 0 Å². The number of aryl methyl sites for hydroxylation is 2. The number of nitrogens with zero attached hydrogens (tertiary/aromatic N) is 1. The summed E-state index contributed by atoms with van der Waals surface area (Å²) >= 11 is 0. The molecule has 2 heterocycles. The van der Waals surface area contributed by atoms with E-state index < -0.39 is 0 Å². The van der Waals surface area contributed by atoms with Gasteiger partial charge in [-0.25, -0.2) is 0 Å². The van der Waals surface area contributed by atoms with Crippen LogP contribution in [0, 0.1) is 13.8 Å². The predicted molar refractivity (Wildman–Crippen MR) is 135 cm³/mol. The molecule has 0 spiro atoms. The lowest BCUT2D eigenvalue weighted by atomic mass is 9.86. The molecule has 180 valence electrons. The molecule has 0 radical (unpaired) electrons. The largest absolute Gasteiger partial charge is 0.451 e. The van der Waals surface area contributed by atoms with Gasteiger partial charge in [-0.3, -0.25) is 14.5 Å². The van der Waals surface area contributed by atoms with Crippen molar-refractivity contribution in [1.82, 2.24) is 10.2 Å². The van der Waals surface area contributed by atoms with E-state index >= 15 is 0 Å². The van der Waals surface area contributed by atoms with Gasteiger partial charge in [0.05, 0.1) is 24.6 Å². The number of benzene rings is 2. The predicted octanol–water partition coefficient (Wildman–Crippen LogP) is 4.51. The molecule has 34 heavy (non-hydrogen) atoms. The van der Waals surface area contributed by atoms with E-state index in [4.69, 9.17) is 9.15 Å². The highest BCUT2D eigenvalue weighted by Gasteiger charge is 2.25. The summed E-state index contributed by atoms with van der Waals surface area (Å²) in [7, 11) is 0. The molecular formula is C28H34N2O4. The van der Waals surface area contributed by atoms with Gasteiger partial charge in [-0.15, -0.1) is 0 Å². The molecule has 0 unspecified atom stereocenters. The van der Waals surface area contributed by atoms with E-state index in [2.05, 4.69) is 55.3 Å². The van der Waals surface area contributed by atoms with Crippen LogP contribution in [0.15, 0.2) is 51.7 Å². The molecule has 1 N–H and O–H groups in total. The Morgan fingerprint density at radius 3 is 2.32 bits per heavy atom. The maximum atomic E-state index is 13.0. The van der Waals surface area contributed by atoms with Crippen molar-refractivity contribution in [2.75, 3.05) is 32.8 Å². The Morgan fingerprint density at radius 1 is 1.03 bits per heavy atom. The van der Waals surface area contributed by atoms with Crippen LogP contribution in [-0.4, -0.2) is 43.7 Å². The third-order valence-electron chi connectivity index (χ3n) is 6.67. The molecule has 1 amide bonds. The molecule has 1 fully saturated rings. The second-order valence-electron chi connectivity index (χ2n) is 10.2. The Morgan fingerprint density at radius 2 is 1.68 bits per heavy atom. The van der Waals surface area contributed by atoms with Crippen molar-refractivity contribution >= 4 is 16.9 Å². The topological polar surface area (TPSA) is 71.8 Å². The summed E-state index contributed by atoms with van der Waals surface area (Å²) in [5, 5.41) is 3.49. The number of carbonyl (C=O) groups excluding carboxylic acids is 1. The maximum absolute atomic E-state index is 13.0. The number of fused-ring (bicyclic) bond motifs is 1. The summed E-state index contributed by atoms with van der Waals surface area (Å²) in [4.78, 5) is 28.0. The monoisotopic (exact) mass is 462 g/mol. The van der Waals surface area contributed by atoms with Crippen molar-refractivity contribution in [3.8, 4) is 0 Å². The van der Waals surface area contributed by atoms with Gasteiger partial charge < -0.3 is 14.5 Å². The average molecular weight is 463 g/mol. The molecule has 0 saturated carbocycles. The number of nitrogens with one attached hydrogen (secondary N) is 1. The van der Waals surface area contributed by atoms with Gasteiger partial charge in [0.1, 0.15) is 5.58 Å². The third-order valence-corrected chi connectivity index (χ3v) is 6.67. The number of ether oxygens (including phenoxy) is 1. The van der Waals surface area contributed by atoms with Crippen LogP contribution in [-0.2, 0) is 10.2 Å². The van der Waals surface area contributed by atoms with Crippen molar-refractivity contribution in [3.63, 3.8) is 0 Å². The summed E-state index contributed by atoms with van der Waals surface area (Å²) in [6, 6.07) is 13.5. The Labute approximate surface area is 200 Å². The first kappa shape index (κ1) is 24.2. The smallest absolute Gasteiger partial charge is 0.287 e. The molecule has 1 saturated heterocycles. The van der Waals surface area contributed by atoms with E-state index in [1.165, 1.54) is 11.6 Å². The van der Waals surface area contributed by atoms with Crippen molar-refractivity contribution in [2.24, 2.45) is 0 Å². The minimum atomic E-state index is -0.387. The number of hydrogen-bond acceptors (Lipinski definition) is 5. The van der Waals surface area contributed by atoms with Crippen LogP contribution in [0.2, 0.25) is 0 Å². The van der Waals surface area contributed by atoms with Crippen LogP contribution in [0.4, 0.5) is 0 Å². The van der Waals surface area contributed by atoms with E-state index in [0.717, 1.165) is 29.8 Å². The SMILES string of the molecule is Cc1cc2oc(C(=O)NC[C@@H](c3ccc(C(C)(C)C)cc3)N3CCOCC3)cc(=O)c2cc1C. The first-order chi connectivity index (χ1) is 16.1. The maximum Gasteiger partial charge on any atom is 0.287 e. The van der Waals surface area contributed by atoms with E-state index in [1.807, 2.05) is 26.0 Å². The van der Waals surface area contributed by atoms with Crippen molar-refractivity contribution in [3.05, 3.63) is 80.7 Å². The van der Waals surface area contributed by atoms with Gasteiger partial charge in [-0.2, -0.15) is 0 Å². The van der Waals surface area contributed by atoms with Gasteiger partial charge in [0, 0.05) is 25.7 Å². The zero-order valence-electron chi connectivity index (χ0n) is 20.7. The normalized spacial score (nSPS) is 15.9. The van der Waals surface area contributed by atoms with Gasteiger partial charge in [0.25, 0.3) is 5.91 Å². The minimum absolute atomic E-state index is 0.000981. The standard InChI is InChI=1S/C28H34N2O4/c1-18-14-22-24(31)16-26(34-25(22)15-19(18)2)27(32)29-17-23(30-10-12-33-13-11-30)20-6-8-21(9-7-20)28(3,4)5/h6-9,14-16,23H,10-13,17H2,1-5H3,(H,29,32)/t23-/m0/s1. The van der Waals surface area contributed by atoms with E-state index in [0.29, 0.717) is 30.7 Å². The van der Waals surface area contributed by atoms with Gasteiger partial charge in [-0.1, -0.05) is 45.0 Å². The van der Waals surface area contributed by atoms with E-state index in [9.17, 15) is 9.59 Å². The Balaban J connectivity index is 1.57. The summed E-state index contributed by atoms with van der Waals surface area (Å²) in [5.74, 6) is -0.355. The van der Waals surface area contributed by atoms with Crippen LogP contribution in [0.1, 0.15) is 59.6 Å². The molecule has 3 aromatic rings. The van der Waals surface area contributed by atoms with Crippen LogP contribution < -0.4 is 10.7 Å². The summed E-state index contributed by atoms with van der Waals surface area (Å²) in [5.41, 5.74) is 4.74. The van der Waals surface area contributed by atoms with Crippen LogP contribution in [0.3, 0.4) is 0 Å². The molecule has 6 nitrogen and oxygen atoms in total. The lowest BCUT2D eigenvalue weighted by molar-refractivity contribution is 0.0161. The average Bonchev–Trinajstić information content (AvgIpc) is 2.81. The van der Waals surface area contributed by atoms with E-state index in [1.54, 1.807) is 0 Å². The van der Waals surface area contributed by atoms with Crippen molar-refractivity contribution in [2.45, 2.75) is 46.1 Å². The highest BCUT2D eigenvalue weighted by molar-refractivity contribution is 5.93.